The third-order valence-electron chi connectivity index (χ3n) is 2.47. The molecule has 19 heavy (non-hydrogen) atoms. The van der Waals surface area contributed by atoms with Crippen molar-refractivity contribution in [3.05, 3.63) is 36.4 Å². The van der Waals surface area contributed by atoms with Gasteiger partial charge in [0, 0.05) is 13.6 Å². The second kappa shape index (κ2) is 5.85. The number of carbonyl (C=O) groups is 1. The van der Waals surface area contributed by atoms with Gasteiger partial charge in [0.1, 0.15) is 11.3 Å². The van der Waals surface area contributed by atoms with Crippen LogP contribution in [0.3, 0.4) is 0 Å². The monoisotopic (exact) mass is 285 g/mol. The predicted molar refractivity (Wildman–Crippen MR) is 69.5 cm³/mol. The quantitative estimate of drug-likeness (QED) is 0.644. The van der Waals surface area contributed by atoms with E-state index in [0.717, 1.165) is 23.5 Å². The largest absolute Gasteiger partial charge is 0.507 e. The van der Waals surface area contributed by atoms with Crippen molar-refractivity contribution in [2.24, 2.45) is 0 Å². The highest BCUT2D eigenvalue weighted by Crippen LogP contribution is 2.23. The number of hydrogen-bond acceptors (Lipinski definition) is 5. The van der Waals surface area contributed by atoms with Crippen LogP contribution in [0, 0.1) is 0 Å². The molecular weight excluding hydrogens is 270 g/mol. The zero-order valence-corrected chi connectivity index (χ0v) is 11.5. The van der Waals surface area contributed by atoms with Gasteiger partial charge in [-0.05, 0) is 18.2 Å². The summed E-state index contributed by atoms with van der Waals surface area (Å²) in [6, 6.07) is 3.44. The molecule has 0 fully saturated rings. The average Bonchev–Trinajstić information content (AvgIpc) is 2.38. The summed E-state index contributed by atoms with van der Waals surface area (Å²) in [5.74, 6) is -1.14. The van der Waals surface area contributed by atoms with Gasteiger partial charge in [-0.1, -0.05) is 6.08 Å². The van der Waals surface area contributed by atoms with Crippen LogP contribution < -0.4 is 0 Å². The summed E-state index contributed by atoms with van der Waals surface area (Å²) in [6.07, 6.45) is 1.44. The van der Waals surface area contributed by atoms with E-state index >= 15 is 0 Å². The Balaban J connectivity index is 3.29. The standard InChI is InChI=1S/C12H15NO5S/c1-4-7-13(2)19(16,17)9-5-6-11(14)10(8-9)12(15)18-3/h4-6,8,14H,1,7H2,2-3H3. The van der Waals surface area contributed by atoms with Gasteiger partial charge in [-0.15, -0.1) is 6.58 Å². The summed E-state index contributed by atoms with van der Waals surface area (Å²) in [4.78, 5) is 11.3. The Labute approximate surface area is 112 Å². The molecule has 0 saturated heterocycles. The topological polar surface area (TPSA) is 83.9 Å². The molecule has 0 bridgehead atoms. The van der Waals surface area contributed by atoms with Crippen LogP contribution in [0.15, 0.2) is 35.7 Å². The van der Waals surface area contributed by atoms with Gasteiger partial charge >= 0.3 is 5.97 Å². The first kappa shape index (κ1) is 15.2. The lowest BCUT2D eigenvalue weighted by atomic mass is 10.2. The molecule has 0 aromatic heterocycles. The molecule has 1 aromatic rings. The molecule has 0 aliphatic heterocycles. The van der Waals surface area contributed by atoms with Gasteiger partial charge < -0.3 is 9.84 Å². The molecule has 1 rings (SSSR count). The summed E-state index contributed by atoms with van der Waals surface area (Å²) in [5.41, 5.74) is -0.199. The van der Waals surface area contributed by atoms with E-state index in [4.69, 9.17) is 0 Å². The lowest BCUT2D eigenvalue weighted by molar-refractivity contribution is 0.0597. The van der Waals surface area contributed by atoms with Crippen LogP contribution in [0.25, 0.3) is 0 Å². The van der Waals surface area contributed by atoms with Crippen LogP contribution in [0.1, 0.15) is 10.4 Å². The number of methoxy groups -OCH3 is 1. The summed E-state index contributed by atoms with van der Waals surface area (Å²) in [7, 11) is -1.20. The van der Waals surface area contributed by atoms with E-state index in [-0.39, 0.29) is 22.8 Å². The highest BCUT2D eigenvalue weighted by Gasteiger charge is 2.22. The zero-order chi connectivity index (χ0) is 14.6. The molecule has 7 heteroatoms. The molecule has 0 aliphatic rings. The van der Waals surface area contributed by atoms with Crippen molar-refractivity contribution in [1.82, 2.24) is 4.31 Å². The van der Waals surface area contributed by atoms with Crippen LogP contribution in [0.4, 0.5) is 0 Å². The van der Waals surface area contributed by atoms with Crippen molar-refractivity contribution in [2.45, 2.75) is 4.90 Å². The van der Waals surface area contributed by atoms with E-state index in [9.17, 15) is 18.3 Å². The summed E-state index contributed by atoms with van der Waals surface area (Å²) in [6.45, 7) is 3.60. The van der Waals surface area contributed by atoms with Gasteiger partial charge in [-0.3, -0.25) is 0 Å². The van der Waals surface area contributed by atoms with Crippen molar-refractivity contribution in [2.75, 3.05) is 20.7 Å². The van der Waals surface area contributed by atoms with E-state index in [1.54, 1.807) is 0 Å². The minimum absolute atomic E-state index is 0.102. The predicted octanol–water partition coefficient (Wildman–Crippen LogP) is 0.985. The van der Waals surface area contributed by atoms with Gasteiger partial charge in [-0.25, -0.2) is 13.2 Å². The Morgan fingerprint density at radius 2 is 2.16 bits per heavy atom. The Kier molecular flexibility index (Phi) is 4.68. The maximum Gasteiger partial charge on any atom is 0.341 e. The van der Waals surface area contributed by atoms with Crippen molar-refractivity contribution in [1.29, 1.82) is 0 Å². The van der Waals surface area contributed by atoms with Gasteiger partial charge in [0.05, 0.1) is 12.0 Å². The van der Waals surface area contributed by atoms with Crippen molar-refractivity contribution in [3.8, 4) is 5.75 Å². The van der Waals surface area contributed by atoms with Crippen LogP contribution in [0.5, 0.6) is 5.75 Å². The molecule has 6 nitrogen and oxygen atoms in total. The average molecular weight is 285 g/mol. The van der Waals surface area contributed by atoms with Crippen LogP contribution in [-0.4, -0.2) is 44.5 Å². The molecule has 1 aromatic carbocycles. The fraction of sp³-hybridized carbons (Fsp3) is 0.250. The van der Waals surface area contributed by atoms with Gasteiger partial charge in [0.25, 0.3) is 0 Å². The van der Waals surface area contributed by atoms with Gasteiger partial charge in [-0.2, -0.15) is 4.31 Å². The number of phenolic OH excluding ortho intramolecular Hbond substituents is 1. The number of carbonyl (C=O) groups excluding carboxylic acids is 1. The van der Waals surface area contributed by atoms with E-state index in [1.807, 2.05) is 0 Å². The SMILES string of the molecule is C=CCN(C)S(=O)(=O)c1ccc(O)c(C(=O)OC)c1. The molecule has 0 amide bonds. The maximum atomic E-state index is 12.1. The third kappa shape index (κ3) is 3.12. The highest BCUT2D eigenvalue weighted by molar-refractivity contribution is 7.89. The minimum atomic E-state index is -3.74. The van der Waals surface area contributed by atoms with Gasteiger partial charge in [0.15, 0.2) is 0 Å². The lowest BCUT2D eigenvalue weighted by Gasteiger charge is -2.15. The molecule has 0 unspecified atom stereocenters. The molecule has 0 aliphatic carbocycles. The molecule has 0 radical (unpaired) electrons. The van der Waals surface area contributed by atoms with Crippen LogP contribution in [0.2, 0.25) is 0 Å². The normalized spacial score (nSPS) is 11.3. The number of sulfonamides is 1. The van der Waals surface area contributed by atoms with E-state index < -0.39 is 16.0 Å². The number of rotatable bonds is 5. The molecule has 0 saturated carbocycles. The Bertz CT molecular complexity index is 594. The number of ether oxygens (including phenoxy) is 1. The second-order valence-corrected chi connectivity index (χ2v) is 5.79. The van der Waals surface area contributed by atoms with E-state index in [1.165, 1.54) is 19.2 Å². The summed E-state index contributed by atoms with van der Waals surface area (Å²) >= 11 is 0. The number of phenols is 1. The second-order valence-electron chi connectivity index (χ2n) is 3.74. The number of esters is 1. The third-order valence-corrected chi connectivity index (χ3v) is 4.29. The molecular formula is C12H15NO5S. The van der Waals surface area contributed by atoms with Crippen LogP contribution in [-0.2, 0) is 14.8 Å². The van der Waals surface area contributed by atoms with Crippen molar-refractivity contribution >= 4 is 16.0 Å². The smallest absolute Gasteiger partial charge is 0.341 e. The molecule has 0 spiro atoms. The Morgan fingerprint density at radius 3 is 2.68 bits per heavy atom. The van der Waals surface area contributed by atoms with Crippen molar-refractivity contribution < 1.29 is 23.1 Å². The number of benzene rings is 1. The molecule has 0 atom stereocenters. The summed E-state index contributed by atoms with van der Waals surface area (Å²) < 4.78 is 29.8. The van der Waals surface area contributed by atoms with Gasteiger partial charge in [0.2, 0.25) is 10.0 Å². The zero-order valence-electron chi connectivity index (χ0n) is 10.7. The lowest BCUT2D eigenvalue weighted by Crippen LogP contribution is -2.27. The summed E-state index contributed by atoms with van der Waals surface area (Å²) in [5, 5.41) is 9.52. The van der Waals surface area contributed by atoms with Crippen molar-refractivity contribution in [3.63, 3.8) is 0 Å². The first-order valence-corrected chi connectivity index (χ1v) is 6.77. The molecule has 1 N–H and O–H groups in total. The number of likely N-dealkylation sites (N-methyl/N-ethyl adjacent to an activating group) is 1. The number of hydrogen-bond donors (Lipinski definition) is 1. The molecule has 0 heterocycles. The Morgan fingerprint density at radius 1 is 1.53 bits per heavy atom. The maximum absolute atomic E-state index is 12.1. The number of aromatic hydroxyl groups is 1. The van der Waals surface area contributed by atoms with E-state index in [2.05, 4.69) is 11.3 Å². The molecule has 104 valence electrons. The number of nitrogens with zero attached hydrogens (tertiary/aromatic N) is 1. The highest BCUT2D eigenvalue weighted by atomic mass is 32.2. The fourth-order valence-corrected chi connectivity index (χ4v) is 2.58. The fourth-order valence-electron chi connectivity index (χ4n) is 1.41. The van der Waals surface area contributed by atoms with E-state index in [0.29, 0.717) is 0 Å². The first-order valence-electron chi connectivity index (χ1n) is 5.33. The Hall–Kier alpha value is -1.86. The first-order chi connectivity index (χ1) is 8.84. The minimum Gasteiger partial charge on any atom is -0.507 e. The van der Waals surface area contributed by atoms with Crippen LogP contribution >= 0.6 is 0 Å².